The van der Waals surface area contributed by atoms with E-state index in [4.69, 9.17) is 16.7 Å². The summed E-state index contributed by atoms with van der Waals surface area (Å²) in [7, 11) is 0. The van der Waals surface area contributed by atoms with Crippen LogP contribution in [0.25, 0.3) is 0 Å². The molecule has 0 amide bonds. The number of carboxylic acids is 1. The standard InChI is InChI=1S/C19H31ClO2/c1-2-3-4-5-6-7-8-9-10-11-12-13-14-15-16-18(17-20)19(21)22/h6-7,9-10,12-13,18H,2-5,8,11,14-17H2,1H3,(H,21,22)/b7-6-,10-9-,13-12-. The topological polar surface area (TPSA) is 37.3 Å². The molecule has 0 saturated carbocycles. The second-order valence-electron chi connectivity index (χ2n) is 5.50. The molecule has 0 aliphatic rings. The van der Waals surface area contributed by atoms with Crippen LogP contribution in [-0.2, 0) is 4.79 Å². The van der Waals surface area contributed by atoms with Gasteiger partial charge < -0.3 is 5.11 Å². The van der Waals surface area contributed by atoms with E-state index in [0.717, 1.165) is 25.7 Å². The van der Waals surface area contributed by atoms with E-state index in [1.165, 1.54) is 25.7 Å². The predicted octanol–water partition coefficient (Wildman–Crippen LogP) is 6.13. The van der Waals surface area contributed by atoms with Gasteiger partial charge in [-0.3, -0.25) is 4.79 Å². The number of halogens is 1. The van der Waals surface area contributed by atoms with Crippen LogP contribution in [0.5, 0.6) is 0 Å². The van der Waals surface area contributed by atoms with E-state index in [0.29, 0.717) is 6.42 Å². The Hall–Kier alpha value is -1.02. The molecule has 1 unspecified atom stereocenters. The van der Waals surface area contributed by atoms with Crippen molar-refractivity contribution in [1.29, 1.82) is 0 Å². The van der Waals surface area contributed by atoms with Crippen molar-refractivity contribution in [3.8, 4) is 0 Å². The molecular formula is C19H31ClO2. The van der Waals surface area contributed by atoms with Gasteiger partial charge in [0.15, 0.2) is 0 Å². The average Bonchev–Trinajstić information content (AvgIpc) is 2.51. The Kier molecular flexibility index (Phi) is 15.6. The molecule has 0 aromatic rings. The first-order chi connectivity index (χ1) is 10.7. The lowest BCUT2D eigenvalue weighted by atomic mass is 10.0. The molecule has 22 heavy (non-hydrogen) atoms. The average molecular weight is 327 g/mol. The normalized spacial score (nSPS) is 13.5. The quantitative estimate of drug-likeness (QED) is 0.237. The first-order valence-electron chi connectivity index (χ1n) is 8.46. The Bertz CT molecular complexity index is 345. The maximum absolute atomic E-state index is 10.8. The molecule has 0 rings (SSSR count). The summed E-state index contributed by atoms with van der Waals surface area (Å²) >= 11 is 5.61. The van der Waals surface area contributed by atoms with Crippen molar-refractivity contribution in [3.63, 3.8) is 0 Å². The van der Waals surface area contributed by atoms with Crippen LogP contribution < -0.4 is 0 Å². The van der Waals surface area contributed by atoms with Gasteiger partial charge in [-0.2, -0.15) is 0 Å². The number of allylic oxidation sites excluding steroid dienone is 6. The van der Waals surface area contributed by atoms with E-state index < -0.39 is 11.9 Å². The second kappa shape index (κ2) is 16.4. The molecule has 1 atom stereocenters. The van der Waals surface area contributed by atoms with Crippen LogP contribution in [0.3, 0.4) is 0 Å². The molecule has 0 spiro atoms. The van der Waals surface area contributed by atoms with Gasteiger partial charge >= 0.3 is 5.97 Å². The Morgan fingerprint density at radius 3 is 2.00 bits per heavy atom. The van der Waals surface area contributed by atoms with Crippen LogP contribution in [0, 0.1) is 5.92 Å². The SMILES string of the molecule is CCCCC/C=C\C/C=C\C/C=C\CCCC(CCl)C(=O)O. The molecular weight excluding hydrogens is 296 g/mol. The highest BCUT2D eigenvalue weighted by Gasteiger charge is 2.14. The van der Waals surface area contributed by atoms with Crippen LogP contribution >= 0.6 is 11.6 Å². The van der Waals surface area contributed by atoms with E-state index in [1.54, 1.807) is 0 Å². The van der Waals surface area contributed by atoms with E-state index >= 15 is 0 Å². The van der Waals surface area contributed by atoms with E-state index in [-0.39, 0.29) is 5.88 Å². The third kappa shape index (κ3) is 13.9. The maximum atomic E-state index is 10.8. The lowest BCUT2D eigenvalue weighted by Crippen LogP contribution is -2.14. The highest BCUT2D eigenvalue weighted by Crippen LogP contribution is 2.11. The van der Waals surface area contributed by atoms with Gasteiger partial charge in [-0.1, -0.05) is 56.2 Å². The van der Waals surface area contributed by atoms with Crippen molar-refractivity contribution >= 4 is 17.6 Å². The highest BCUT2D eigenvalue weighted by atomic mass is 35.5. The summed E-state index contributed by atoms with van der Waals surface area (Å²) in [5.41, 5.74) is 0. The van der Waals surface area contributed by atoms with Crippen LogP contribution in [-0.4, -0.2) is 17.0 Å². The Balaban J connectivity index is 3.50. The van der Waals surface area contributed by atoms with Gasteiger partial charge in [0.05, 0.1) is 5.92 Å². The first-order valence-corrected chi connectivity index (χ1v) is 8.99. The smallest absolute Gasteiger partial charge is 0.307 e. The van der Waals surface area contributed by atoms with Crippen molar-refractivity contribution in [3.05, 3.63) is 36.5 Å². The minimum atomic E-state index is -0.787. The number of carboxylic acid groups (broad SMARTS) is 1. The van der Waals surface area contributed by atoms with Crippen molar-refractivity contribution in [2.24, 2.45) is 5.92 Å². The fourth-order valence-electron chi connectivity index (χ4n) is 2.04. The number of unbranched alkanes of at least 4 members (excludes halogenated alkanes) is 4. The van der Waals surface area contributed by atoms with Gasteiger partial charge in [-0.05, 0) is 44.9 Å². The molecule has 0 aliphatic carbocycles. The monoisotopic (exact) mass is 326 g/mol. The molecule has 0 saturated heterocycles. The Morgan fingerprint density at radius 2 is 1.50 bits per heavy atom. The number of hydrogen-bond acceptors (Lipinski definition) is 1. The summed E-state index contributed by atoms with van der Waals surface area (Å²) in [6.45, 7) is 2.22. The number of hydrogen-bond donors (Lipinski definition) is 1. The van der Waals surface area contributed by atoms with Crippen LogP contribution in [0.15, 0.2) is 36.5 Å². The summed E-state index contributed by atoms with van der Waals surface area (Å²) in [6, 6.07) is 0. The van der Waals surface area contributed by atoms with Gasteiger partial charge in [0.25, 0.3) is 0 Å². The summed E-state index contributed by atoms with van der Waals surface area (Å²) < 4.78 is 0. The minimum absolute atomic E-state index is 0.202. The molecule has 0 aromatic heterocycles. The molecule has 0 aliphatic heterocycles. The first kappa shape index (κ1) is 21.0. The summed E-state index contributed by atoms with van der Waals surface area (Å²) in [4.78, 5) is 10.8. The van der Waals surface area contributed by atoms with Crippen molar-refractivity contribution in [2.75, 3.05) is 5.88 Å². The van der Waals surface area contributed by atoms with Gasteiger partial charge in [0.1, 0.15) is 0 Å². The van der Waals surface area contributed by atoms with Gasteiger partial charge in [0.2, 0.25) is 0 Å². The van der Waals surface area contributed by atoms with E-state index in [2.05, 4.69) is 43.4 Å². The zero-order valence-corrected chi connectivity index (χ0v) is 14.6. The van der Waals surface area contributed by atoms with Gasteiger partial charge in [-0.15, -0.1) is 11.6 Å². The van der Waals surface area contributed by atoms with E-state index in [9.17, 15) is 4.79 Å². The summed E-state index contributed by atoms with van der Waals surface area (Å²) in [5.74, 6) is -0.989. The van der Waals surface area contributed by atoms with Gasteiger partial charge in [0, 0.05) is 5.88 Å². The van der Waals surface area contributed by atoms with Crippen LogP contribution in [0.1, 0.15) is 64.7 Å². The molecule has 126 valence electrons. The Labute approximate surface area is 140 Å². The predicted molar refractivity (Wildman–Crippen MR) is 96.5 cm³/mol. The Morgan fingerprint density at radius 1 is 0.955 bits per heavy atom. The molecule has 1 N–H and O–H groups in total. The zero-order chi connectivity index (χ0) is 16.5. The summed E-state index contributed by atoms with van der Waals surface area (Å²) in [5, 5.41) is 8.86. The molecule has 0 fully saturated rings. The highest BCUT2D eigenvalue weighted by molar-refractivity contribution is 6.19. The van der Waals surface area contributed by atoms with Crippen molar-refractivity contribution < 1.29 is 9.90 Å². The zero-order valence-electron chi connectivity index (χ0n) is 13.8. The summed E-state index contributed by atoms with van der Waals surface area (Å²) in [6.07, 6.45) is 22.6. The minimum Gasteiger partial charge on any atom is -0.481 e. The second-order valence-corrected chi connectivity index (χ2v) is 5.81. The number of carbonyl (C=O) groups is 1. The maximum Gasteiger partial charge on any atom is 0.307 e. The fraction of sp³-hybridized carbons (Fsp3) is 0.632. The lowest BCUT2D eigenvalue weighted by Gasteiger charge is -2.06. The molecule has 0 radical (unpaired) electrons. The molecule has 0 aromatic carbocycles. The lowest BCUT2D eigenvalue weighted by molar-refractivity contribution is -0.141. The van der Waals surface area contributed by atoms with Crippen LogP contribution in [0.4, 0.5) is 0 Å². The fourth-order valence-corrected chi connectivity index (χ4v) is 2.32. The number of aliphatic carboxylic acids is 1. The molecule has 3 heteroatoms. The van der Waals surface area contributed by atoms with E-state index in [1.807, 2.05) is 0 Å². The molecule has 0 bridgehead atoms. The van der Waals surface area contributed by atoms with Crippen LogP contribution in [0.2, 0.25) is 0 Å². The van der Waals surface area contributed by atoms with Crippen molar-refractivity contribution in [2.45, 2.75) is 64.7 Å². The van der Waals surface area contributed by atoms with Gasteiger partial charge in [-0.25, -0.2) is 0 Å². The third-order valence-corrected chi connectivity index (χ3v) is 3.85. The van der Waals surface area contributed by atoms with Crippen molar-refractivity contribution in [1.82, 2.24) is 0 Å². The molecule has 0 heterocycles. The number of alkyl halides is 1. The molecule has 2 nitrogen and oxygen atoms in total. The largest absolute Gasteiger partial charge is 0.481 e. The number of rotatable bonds is 14. The third-order valence-electron chi connectivity index (χ3n) is 3.48.